The van der Waals surface area contributed by atoms with Crippen molar-refractivity contribution in [3.8, 4) is 5.75 Å². The summed E-state index contributed by atoms with van der Waals surface area (Å²) in [6.45, 7) is 7.07. The summed E-state index contributed by atoms with van der Waals surface area (Å²) in [5.74, 6) is 0.940. The van der Waals surface area contributed by atoms with Gasteiger partial charge in [-0.15, -0.1) is 0 Å². The molecule has 1 aromatic carbocycles. The average molecular weight is 263 g/mol. The lowest BCUT2D eigenvalue weighted by molar-refractivity contribution is 0.148. The predicted molar refractivity (Wildman–Crippen MR) is 78.4 cm³/mol. The van der Waals surface area contributed by atoms with Crippen LogP contribution in [-0.4, -0.2) is 56.2 Å². The van der Waals surface area contributed by atoms with Crippen LogP contribution in [0.25, 0.3) is 0 Å². The zero-order chi connectivity index (χ0) is 13.5. The zero-order valence-corrected chi connectivity index (χ0v) is 11.8. The number of ether oxygens (including phenoxy) is 1. The molecule has 1 saturated heterocycles. The molecular weight excluding hydrogens is 238 g/mol. The Kier molecular flexibility index (Phi) is 5.63. The highest BCUT2D eigenvalue weighted by atomic mass is 16.5. The van der Waals surface area contributed by atoms with Crippen LogP contribution in [0.3, 0.4) is 0 Å². The third kappa shape index (κ3) is 4.82. The summed E-state index contributed by atoms with van der Waals surface area (Å²) in [4.78, 5) is 4.88. The lowest BCUT2D eigenvalue weighted by Crippen LogP contribution is -2.43. The highest BCUT2D eigenvalue weighted by Crippen LogP contribution is 2.14. The summed E-state index contributed by atoms with van der Waals surface area (Å²) in [6, 6.07) is 8.44. The number of rotatable bonds is 6. The number of nitrogens with zero attached hydrogens (tertiary/aromatic N) is 2. The fraction of sp³-hybridized carbons (Fsp3) is 0.600. The SMILES string of the molecule is CN1CCN(Cc2ccc(OCCCN)cc2)CC1. The van der Waals surface area contributed by atoms with Crippen molar-refractivity contribution in [1.82, 2.24) is 9.80 Å². The molecule has 0 saturated carbocycles. The maximum absolute atomic E-state index is 5.61. The molecule has 0 radical (unpaired) electrons. The molecule has 0 atom stereocenters. The third-order valence-corrected chi connectivity index (χ3v) is 3.54. The summed E-state index contributed by atoms with van der Waals surface area (Å²) >= 11 is 0. The number of likely N-dealkylation sites (N-methyl/N-ethyl adjacent to an activating group) is 1. The largest absolute Gasteiger partial charge is 0.494 e. The molecule has 1 heterocycles. The molecule has 1 aliphatic rings. The van der Waals surface area contributed by atoms with Gasteiger partial charge < -0.3 is 15.4 Å². The van der Waals surface area contributed by atoms with Crippen molar-refractivity contribution in [3.63, 3.8) is 0 Å². The van der Waals surface area contributed by atoms with Gasteiger partial charge in [0.1, 0.15) is 5.75 Å². The van der Waals surface area contributed by atoms with E-state index in [0.29, 0.717) is 13.2 Å². The molecule has 1 fully saturated rings. The Morgan fingerprint density at radius 3 is 2.42 bits per heavy atom. The van der Waals surface area contributed by atoms with Gasteiger partial charge in [-0.2, -0.15) is 0 Å². The maximum Gasteiger partial charge on any atom is 0.119 e. The number of hydrogen-bond acceptors (Lipinski definition) is 4. The first-order valence-electron chi connectivity index (χ1n) is 7.10. The molecule has 1 aliphatic heterocycles. The predicted octanol–water partition coefficient (Wildman–Crippen LogP) is 1.16. The Morgan fingerprint density at radius 2 is 1.79 bits per heavy atom. The Morgan fingerprint density at radius 1 is 1.11 bits per heavy atom. The van der Waals surface area contributed by atoms with Crippen LogP contribution in [0.15, 0.2) is 24.3 Å². The van der Waals surface area contributed by atoms with Crippen LogP contribution in [0, 0.1) is 0 Å². The highest BCUT2D eigenvalue weighted by molar-refractivity contribution is 5.27. The molecule has 2 N–H and O–H groups in total. The van der Waals surface area contributed by atoms with Gasteiger partial charge in [-0.25, -0.2) is 0 Å². The van der Waals surface area contributed by atoms with E-state index in [4.69, 9.17) is 10.5 Å². The van der Waals surface area contributed by atoms with Crippen LogP contribution >= 0.6 is 0 Å². The van der Waals surface area contributed by atoms with E-state index >= 15 is 0 Å². The van der Waals surface area contributed by atoms with Crippen molar-refractivity contribution >= 4 is 0 Å². The highest BCUT2D eigenvalue weighted by Gasteiger charge is 2.13. The van der Waals surface area contributed by atoms with Crippen molar-refractivity contribution in [3.05, 3.63) is 29.8 Å². The lowest BCUT2D eigenvalue weighted by atomic mass is 10.2. The molecule has 1 aromatic rings. The van der Waals surface area contributed by atoms with Crippen molar-refractivity contribution in [2.24, 2.45) is 5.73 Å². The fourth-order valence-corrected chi connectivity index (χ4v) is 2.23. The van der Waals surface area contributed by atoms with E-state index in [1.54, 1.807) is 0 Å². The van der Waals surface area contributed by atoms with Crippen LogP contribution in [0.5, 0.6) is 5.75 Å². The van der Waals surface area contributed by atoms with E-state index in [0.717, 1.165) is 31.8 Å². The van der Waals surface area contributed by atoms with E-state index in [2.05, 4.69) is 41.1 Å². The zero-order valence-electron chi connectivity index (χ0n) is 11.8. The summed E-state index contributed by atoms with van der Waals surface area (Å²) in [5.41, 5.74) is 6.80. The monoisotopic (exact) mass is 263 g/mol. The van der Waals surface area contributed by atoms with Gasteiger partial charge in [0, 0.05) is 32.7 Å². The summed E-state index contributed by atoms with van der Waals surface area (Å²) in [5, 5.41) is 0. The molecule has 0 amide bonds. The van der Waals surface area contributed by atoms with Crippen LogP contribution in [-0.2, 0) is 6.54 Å². The lowest BCUT2D eigenvalue weighted by Gasteiger charge is -2.32. The number of hydrogen-bond donors (Lipinski definition) is 1. The van der Waals surface area contributed by atoms with Gasteiger partial charge in [-0.1, -0.05) is 12.1 Å². The minimum Gasteiger partial charge on any atom is -0.494 e. The van der Waals surface area contributed by atoms with E-state index in [1.165, 1.54) is 18.7 Å². The first kappa shape index (κ1) is 14.3. The van der Waals surface area contributed by atoms with E-state index in [1.807, 2.05) is 0 Å². The molecule has 0 unspecified atom stereocenters. The van der Waals surface area contributed by atoms with Gasteiger partial charge in [0.2, 0.25) is 0 Å². The minimum absolute atomic E-state index is 0.682. The van der Waals surface area contributed by atoms with Crippen molar-refractivity contribution < 1.29 is 4.74 Å². The summed E-state index contributed by atoms with van der Waals surface area (Å²) < 4.78 is 5.61. The molecule has 0 spiro atoms. The molecule has 106 valence electrons. The van der Waals surface area contributed by atoms with E-state index in [-0.39, 0.29) is 0 Å². The summed E-state index contributed by atoms with van der Waals surface area (Å²) in [7, 11) is 2.19. The van der Waals surface area contributed by atoms with Crippen LogP contribution in [0.1, 0.15) is 12.0 Å². The molecular formula is C15H25N3O. The summed E-state index contributed by atoms with van der Waals surface area (Å²) in [6.07, 6.45) is 0.906. The Labute approximate surface area is 116 Å². The van der Waals surface area contributed by atoms with Gasteiger partial charge in [0.25, 0.3) is 0 Å². The minimum atomic E-state index is 0.682. The quantitative estimate of drug-likeness (QED) is 0.782. The standard InChI is InChI=1S/C15H25N3O/c1-17-8-10-18(11-9-17)13-14-3-5-15(6-4-14)19-12-2-7-16/h3-6H,2,7-13,16H2,1H3. The molecule has 4 heteroatoms. The second kappa shape index (κ2) is 7.48. The average Bonchev–Trinajstić information content (AvgIpc) is 2.44. The number of benzene rings is 1. The molecule has 19 heavy (non-hydrogen) atoms. The molecule has 0 aromatic heterocycles. The van der Waals surface area contributed by atoms with E-state index < -0.39 is 0 Å². The Balaban J connectivity index is 1.78. The maximum atomic E-state index is 5.61. The number of piperazine rings is 1. The fourth-order valence-electron chi connectivity index (χ4n) is 2.23. The second-order valence-corrected chi connectivity index (χ2v) is 5.21. The molecule has 0 aliphatic carbocycles. The van der Waals surface area contributed by atoms with E-state index in [9.17, 15) is 0 Å². The van der Waals surface area contributed by atoms with Gasteiger partial charge in [-0.3, -0.25) is 4.90 Å². The van der Waals surface area contributed by atoms with Gasteiger partial charge >= 0.3 is 0 Å². The Bertz CT molecular complexity index is 358. The van der Waals surface area contributed by atoms with Crippen molar-refractivity contribution in [2.45, 2.75) is 13.0 Å². The second-order valence-electron chi connectivity index (χ2n) is 5.21. The van der Waals surface area contributed by atoms with Gasteiger partial charge in [0.15, 0.2) is 0 Å². The number of nitrogens with two attached hydrogens (primary N) is 1. The van der Waals surface area contributed by atoms with Crippen LogP contribution in [0.2, 0.25) is 0 Å². The topological polar surface area (TPSA) is 41.7 Å². The van der Waals surface area contributed by atoms with Gasteiger partial charge in [0.05, 0.1) is 6.61 Å². The smallest absolute Gasteiger partial charge is 0.119 e. The Hall–Kier alpha value is -1.10. The first-order chi connectivity index (χ1) is 9.28. The molecule has 0 bridgehead atoms. The first-order valence-corrected chi connectivity index (χ1v) is 7.10. The van der Waals surface area contributed by atoms with Crippen molar-refractivity contribution in [1.29, 1.82) is 0 Å². The van der Waals surface area contributed by atoms with Gasteiger partial charge in [-0.05, 0) is 37.7 Å². The third-order valence-electron chi connectivity index (χ3n) is 3.54. The van der Waals surface area contributed by atoms with Crippen LogP contribution < -0.4 is 10.5 Å². The normalized spacial score (nSPS) is 17.6. The van der Waals surface area contributed by atoms with Crippen LogP contribution in [0.4, 0.5) is 0 Å². The van der Waals surface area contributed by atoms with Crippen molar-refractivity contribution in [2.75, 3.05) is 46.4 Å². The molecule has 4 nitrogen and oxygen atoms in total. The molecule has 2 rings (SSSR count).